The summed E-state index contributed by atoms with van der Waals surface area (Å²) in [4.78, 5) is 25.9. The molecule has 4 nitrogen and oxygen atoms in total. The lowest BCUT2D eigenvalue weighted by molar-refractivity contribution is 0.0911. The molecular weight excluding hydrogens is 308 g/mol. The summed E-state index contributed by atoms with van der Waals surface area (Å²) in [5.41, 5.74) is 0.910. The number of carbonyl (C=O) groups is 2. The van der Waals surface area contributed by atoms with Crippen LogP contribution in [0.3, 0.4) is 0 Å². The molecular formula is C18H20N2O2S. The average molecular weight is 328 g/mol. The van der Waals surface area contributed by atoms with Gasteiger partial charge in [0.25, 0.3) is 5.91 Å². The summed E-state index contributed by atoms with van der Waals surface area (Å²) in [5.74, 6) is -0.272. The zero-order valence-corrected chi connectivity index (χ0v) is 13.9. The second kappa shape index (κ2) is 7.06. The number of carbonyl (C=O) groups excluding carboxylic acids is 2. The molecule has 0 saturated carbocycles. The maximum Gasteiger partial charge on any atom is 0.252 e. The van der Waals surface area contributed by atoms with E-state index in [0.29, 0.717) is 16.0 Å². The molecule has 0 aliphatic carbocycles. The minimum absolute atomic E-state index is 0.0967. The molecule has 1 aliphatic rings. The van der Waals surface area contributed by atoms with E-state index >= 15 is 0 Å². The largest absolute Gasteiger partial charge is 0.348 e. The molecule has 1 saturated heterocycles. The Kier molecular flexibility index (Phi) is 4.88. The number of hydrogen-bond acceptors (Lipinski definition) is 4. The molecule has 1 aliphatic heterocycles. The van der Waals surface area contributed by atoms with Crippen LogP contribution in [-0.4, -0.2) is 30.3 Å². The standard InChI is InChI=1S/C18H20N2O2S/c1-12-15(8-4-10-19-12)20-18(22)14-7-3-2-6-13(14)17(21)16-9-5-11-23-16/h2-3,5-7,9,11-12,15,19H,4,8,10H2,1H3,(H,20,22). The third kappa shape index (κ3) is 3.51. The highest BCUT2D eigenvalue weighted by Crippen LogP contribution is 2.19. The lowest BCUT2D eigenvalue weighted by Gasteiger charge is -2.30. The number of benzene rings is 1. The van der Waals surface area contributed by atoms with Crippen LogP contribution < -0.4 is 10.6 Å². The second-order valence-corrected chi connectivity index (χ2v) is 6.76. The van der Waals surface area contributed by atoms with Gasteiger partial charge in [-0.05, 0) is 43.8 Å². The topological polar surface area (TPSA) is 58.2 Å². The first kappa shape index (κ1) is 15.9. The first-order valence-electron chi connectivity index (χ1n) is 7.88. The summed E-state index contributed by atoms with van der Waals surface area (Å²) in [6.45, 7) is 3.06. The van der Waals surface area contributed by atoms with E-state index in [1.165, 1.54) is 11.3 Å². The summed E-state index contributed by atoms with van der Waals surface area (Å²) in [6.07, 6.45) is 2.01. The quantitative estimate of drug-likeness (QED) is 0.849. The van der Waals surface area contributed by atoms with Crippen molar-refractivity contribution in [3.8, 4) is 0 Å². The van der Waals surface area contributed by atoms with Crippen LogP contribution in [0.25, 0.3) is 0 Å². The molecule has 1 aromatic heterocycles. The van der Waals surface area contributed by atoms with Crippen LogP contribution in [0.15, 0.2) is 41.8 Å². The Morgan fingerprint density at radius 3 is 2.65 bits per heavy atom. The van der Waals surface area contributed by atoms with E-state index < -0.39 is 0 Å². The molecule has 23 heavy (non-hydrogen) atoms. The molecule has 120 valence electrons. The molecule has 1 amide bonds. The predicted octanol–water partition coefficient (Wildman–Crippen LogP) is 2.85. The number of nitrogens with one attached hydrogen (secondary N) is 2. The molecule has 0 radical (unpaired) electrons. The minimum atomic E-state index is -0.175. The van der Waals surface area contributed by atoms with Crippen molar-refractivity contribution in [2.24, 2.45) is 0 Å². The molecule has 1 aromatic carbocycles. The van der Waals surface area contributed by atoms with Gasteiger partial charge in [-0.2, -0.15) is 0 Å². The molecule has 2 N–H and O–H groups in total. The molecule has 0 bridgehead atoms. The molecule has 2 unspecified atom stereocenters. The number of ketones is 1. The van der Waals surface area contributed by atoms with Crippen molar-refractivity contribution in [3.63, 3.8) is 0 Å². The van der Waals surface area contributed by atoms with E-state index in [9.17, 15) is 9.59 Å². The van der Waals surface area contributed by atoms with Gasteiger partial charge in [-0.25, -0.2) is 0 Å². The minimum Gasteiger partial charge on any atom is -0.348 e. The Morgan fingerprint density at radius 1 is 1.17 bits per heavy atom. The van der Waals surface area contributed by atoms with Crippen LogP contribution in [0.4, 0.5) is 0 Å². The lowest BCUT2D eigenvalue weighted by atomic mass is 9.97. The summed E-state index contributed by atoms with van der Waals surface area (Å²) in [6, 6.07) is 11.0. The van der Waals surface area contributed by atoms with E-state index in [1.54, 1.807) is 30.3 Å². The van der Waals surface area contributed by atoms with Crippen molar-refractivity contribution >= 4 is 23.0 Å². The van der Waals surface area contributed by atoms with Gasteiger partial charge in [0.1, 0.15) is 0 Å². The predicted molar refractivity (Wildman–Crippen MR) is 92.1 cm³/mol. The zero-order chi connectivity index (χ0) is 16.2. The fourth-order valence-corrected chi connectivity index (χ4v) is 3.58. The van der Waals surface area contributed by atoms with Crippen molar-refractivity contribution in [1.29, 1.82) is 0 Å². The van der Waals surface area contributed by atoms with Gasteiger partial charge in [-0.1, -0.05) is 24.3 Å². The molecule has 5 heteroatoms. The summed E-state index contributed by atoms with van der Waals surface area (Å²) in [7, 11) is 0. The van der Waals surface area contributed by atoms with Crippen molar-refractivity contribution < 1.29 is 9.59 Å². The van der Waals surface area contributed by atoms with Crippen molar-refractivity contribution in [1.82, 2.24) is 10.6 Å². The van der Waals surface area contributed by atoms with E-state index in [1.807, 2.05) is 11.4 Å². The van der Waals surface area contributed by atoms with Gasteiger partial charge in [0.15, 0.2) is 0 Å². The Labute approximate surface area is 139 Å². The van der Waals surface area contributed by atoms with Crippen molar-refractivity contribution in [3.05, 3.63) is 57.8 Å². The summed E-state index contributed by atoms with van der Waals surface area (Å²) in [5, 5.41) is 8.31. The monoisotopic (exact) mass is 328 g/mol. The fourth-order valence-electron chi connectivity index (χ4n) is 2.91. The highest BCUT2D eigenvalue weighted by atomic mass is 32.1. The van der Waals surface area contributed by atoms with E-state index in [0.717, 1.165) is 19.4 Å². The van der Waals surface area contributed by atoms with Crippen molar-refractivity contribution in [2.45, 2.75) is 31.8 Å². The highest BCUT2D eigenvalue weighted by molar-refractivity contribution is 7.12. The fraction of sp³-hybridized carbons (Fsp3) is 0.333. The number of thiophene rings is 1. The van der Waals surface area contributed by atoms with Crippen LogP contribution >= 0.6 is 11.3 Å². The van der Waals surface area contributed by atoms with E-state index in [-0.39, 0.29) is 23.8 Å². The van der Waals surface area contributed by atoms with Gasteiger partial charge in [0.05, 0.1) is 10.4 Å². The SMILES string of the molecule is CC1NCCCC1NC(=O)c1ccccc1C(=O)c1cccs1. The van der Waals surface area contributed by atoms with Crippen LogP contribution in [0.1, 0.15) is 45.4 Å². The van der Waals surface area contributed by atoms with E-state index in [4.69, 9.17) is 0 Å². The molecule has 1 fully saturated rings. The van der Waals surface area contributed by atoms with Gasteiger partial charge in [-0.15, -0.1) is 11.3 Å². The zero-order valence-electron chi connectivity index (χ0n) is 13.0. The lowest BCUT2D eigenvalue weighted by Crippen LogP contribution is -2.52. The smallest absolute Gasteiger partial charge is 0.252 e. The first-order chi connectivity index (χ1) is 11.2. The summed E-state index contributed by atoms with van der Waals surface area (Å²) >= 11 is 1.39. The Morgan fingerprint density at radius 2 is 1.96 bits per heavy atom. The van der Waals surface area contributed by atoms with Crippen LogP contribution in [-0.2, 0) is 0 Å². The molecule has 2 heterocycles. The molecule has 0 spiro atoms. The Bertz CT molecular complexity index is 697. The van der Waals surface area contributed by atoms with Gasteiger partial charge in [0.2, 0.25) is 5.78 Å². The number of amides is 1. The molecule has 2 aromatic rings. The average Bonchev–Trinajstić information content (AvgIpc) is 3.11. The number of rotatable bonds is 4. The molecule has 3 rings (SSSR count). The normalized spacial score (nSPS) is 20.9. The van der Waals surface area contributed by atoms with Crippen LogP contribution in [0.2, 0.25) is 0 Å². The van der Waals surface area contributed by atoms with Gasteiger partial charge in [-0.3, -0.25) is 9.59 Å². The Hall–Kier alpha value is -1.98. The molecule has 2 atom stereocenters. The highest BCUT2D eigenvalue weighted by Gasteiger charge is 2.25. The van der Waals surface area contributed by atoms with Gasteiger partial charge in [0, 0.05) is 17.6 Å². The third-order valence-electron chi connectivity index (χ3n) is 4.24. The third-order valence-corrected chi connectivity index (χ3v) is 5.11. The van der Waals surface area contributed by atoms with Gasteiger partial charge < -0.3 is 10.6 Å². The van der Waals surface area contributed by atoms with Gasteiger partial charge >= 0.3 is 0 Å². The number of piperidine rings is 1. The maximum atomic E-state index is 12.7. The summed E-state index contributed by atoms with van der Waals surface area (Å²) < 4.78 is 0. The second-order valence-electron chi connectivity index (χ2n) is 5.82. The number of hydrogen-bond donors (Lipinski definition) is 2. The van der Waals surface area contributed by atoms with Crippen LogP contribution in [0, 0.1) is 0 Å². The van der Waals surface area contributed by atoms with E-state index in [2.05, 4.69) is 17.6 Å². The first-order valence-corrected chi connectivity index (χ1v) is 8.76. The maximum absolute atomic E-state index is 12.7. The van der Waals surface area contributed by atoms with Crippen molar-refractivity contribution in [2.75, 3.05) is 6.54 Å². The van der Waals surface area contributed by atoms with Crippen LogP contribution in [0.5, 0.6) is 0 Å². The Balaban J connectivity index is 1.82.